The molecule has 1 aliphatic heterocycles. The highest BCUT2D eigenvalue weighted by Gasteiger charge is 2.25. The van der Waals surface area contributed by atoms with Crippen molar-refractivity contribution in [3.63, 3.8) is 0 Å². The first-order valence-corrected chi connectivity index (χ1v) is 10.7. The summed E-state index contributed by atoms with van der Waals surface area (Å²) in [6, 6.07) is 4.88. The zero-order chi connectivity index (χ0) is 18.9. The molecule has 26 heavy (non-hydrogen) atoms. The predicted molar refractivity (Wildman–Crippen MR) is 98.4 cm³/mol. The van der Waals surface area contributed by atoms with Crippen molar-refractivity contribution in [2.75, 3.05) is 23.7 Å². The van der Waals surface area contributed by atoms with E-state index < -0.39 is 16.0 Å². The van der Waals surface area contributed by atoms with Gasteiger partial charge in [-0.1, -0.05) is 0 Å². The van der Waals surface area contributed by atoms with Crippen LogP contribution in [0.2, 0.25) is 0 Å². The Balaban J connectivity index is 1.73. The van der Waals surface area contributed by atoms with Gasteiger partial charge in [0.15, 0.2) is 12.4 Å². The SMILES string of the molecule is Cc1ncsc1C(=O)OCC(=O)c1ccc2c(c1)CCCN2S(C)(=O)=O. The fourth-order valence-corrected chi connectivity index (χ4v) is 4.55. The average Bonchev–Trinajstić information content (AvgIpc) is 3.03. The highest BCUT2D eigenvalue weighted by molar-refractivity contribution is 7.92. The summed E-state index contributed by atoms with van der Waals surface area (Å²) < 4.78 is 30.2. The van der Waals surface area contributed by atoms with E-state index in [9.17, 15) is 18.0 Å². The number of rotatable bonds is 5. The van der Waals surface area contributed by atoms with Crippen LogP contribution >= 0.6 is 11.3 Å². The third kappa shape index (κ3) is 3.78. The van der Waals surface area contributed by atoms with Crippen LogP contribution in [0.1, 0.15) is 37.7 Å². The minimum atomic E-state index is -3.35. The van der Waals surface area contributed by atoms with Crippen LogP contribution in [0.25, 0.3) is 0 Å². The molecule has 7 nitrogen and oxygen atoms in total. The summed E-state index contributed by atoms with van der Waals surface area (Å²) in [6.45, 7) is 1.77. The van der Waals surface area contributed by atoms with E-state index in [4.69, 9.17) is 4.74 Å². The first-order chi connectivity index (χ1) is 12.3. The minimum absolute atomic E-state index is 0.334. The fourth-order valence-electron chi connectivity index (χ4n) is 2.86. The molecule has 1 aliphatic rings. The van der Waals surface area contributed by atoms with Crippen molar-refractivity contribution >= 4 is 38.8 Å². The number of carbonyl (C=O) groups excluding carboxylic acids is 2. The summed E-state index contributed by atoms with van der Waals surface area (Å²) in [4.78, 5) is 28.7. The normalized spacial score (nSPS) is 14.0. The van der Waals surface area contributed by atoms with E-state index in [1.54, 1.807) is 30.6 Å². The Morgan fingerprint density at radius 2 is 2.12 bits per heavy atom. The average molecular weight is 394 g/mol. The number of nitrogens with zero attached hydrogens (tertiary/aromatic N) is 2. The van der Waals surface area contributed by atoms with Gasteiger partial charge in [0.05, 0.1) is 23.1 Å². The van der Waals surface area contributed by atoms with Gasteiger partial charge < -0.3 is 4.74 Å². The van der Waals surface area contributed by atoms with Crippen LogP contribution in [0, 0.1) is 6.92 Å². The zero-order valence-electron chi connectivity index (χ0n) is 14.4. The molecule has 0 atom stereocenters. The first-order valence-electron chi connectivity index (χ1n) is 7.98. The standard InChI is InChI=1S/C17H18N2O5S2/c1-11-16(25-10-18-11)17(21)24-9-15(20)13-5-6-14-12(8-13)4-3-7-19(14)26(2,22)23/h5-6,8,10H,3-4,7,9H2,1-2H3. The zero-order valence-corrected chi connectivity index (χ0v) is 16.0. The quantitative estimate of drug-likeness (QED) is 0.570. The summed E-state index contributed by atoms with van der Waals surface area (Å²) in [5, 5.41) is 0. The molecule has 1 aromatic heterocycles. The molecule has 2 heterocycles. The number of aryl methyl sites for hydroxylation is 2. The Morgan fingerprint density at radius 3 is 2.77 bits per heavy atom. The molecular formula is C17H18N2O5S2. The van der Waals surface area contributed by atoms with Gasteiger partial charge >= 0.3 is 5.97 Å². The van der Waals surface area contributed by atoms with E-state index in [0.29, 0.717) is 41.2 Å². The van der Waals surface area contributed by atoms with Gasteiger partial charge in [-0.3, -0.25) is 9.10 Å². The predicted octanol–water partition coefficient (Wildman–Crippen LogP) is 2.20. The van der Waals surface area contributed by atoms with Crippen LogP contribution in [0.5, 0.6) is 0 Å². The minimum Gasteiger partial charge on any atom is -0.453 e. The van der Waals surface area contributed by atoms with Gasteiger partial charge in [-0.05, 0) is 43.5 Å². The molecule has 0 saturated heterocycles. The lowest BCUT2D eigenvalue weighted by Crippen LogP contribution is -2.34. The van der Waals surface area contributed by atoms with Crippen molar-refractivity contribution in [2.45, 2.75) is 19.8 Å². The molecule has 0 amide bonds. The highest BCUT2D eigenvalue weighted by Crippen LogP contribution is 2.30. The highest BCUT2D eigenvalue weighted by atomic mass is 32.2. The molecule has 138 valence electrons. The molecule has 0 N–H and O–H groups in total. The van der Waals surface area contributed by atoms with E-state index in [0.717, 1.165) is 5.56 Å². The van der Waals surface area contributed by atoms with Crippen molar-refractivity contribution in [3.05, 3.63) is 45.4 Å². The monoisotopic (exact) mass is 394 g/mol. The smallest absolute Gasteiger partial charge is 0.350 e. The third-order valence-electron chi connectivity index (χ3n) is 4.14. The topological polar surface area (TPSA) is 93.6 Å². The van der Waals surface area contributed by atoms with E-state index in [1.165, 1.54) is 21.9 Å². The Morgan fingerprint density at radius 1 is 1.35 bits per heavy atom. The molecule has 0 saturated carbocycles. The number of benzene rings is 1. The number of hydrogen-bond acceptors (Lipinski definition) is 7. The largest absolute Gasteiger partial charge is 0.453 e. The summed E-state index contributed by atoms with van der Waals surface area (Å²) in [5.41, 5.74) is 3.92. The summed E-state index contributed by atoms with van der Waals surface area (Å²) >= 11 is 1.17. The lowest BCUT2D eigenvalue weighted by molar-refractivity contribution is 0.0478. The van der Waals surface area contributed by atoms with Crippen LogP contribution in [-0.4, -0.2) is 44.6 Å². The van der Waals surface area contributed by atoms with E-state index in [-0.39, 0.29) is 12.4 Å². The summed E-state index contributed by atoms with van der Waals surface area (Å²) in [5.74, 6) is -0.903. The number of carbonyl (C=O) groups is 2. The molecule has 3 rings (SSSR count). The lowest BCUT2D eigenvalue weighted by atomic mass is 9.99. The second-order valence-electron chi connectivity index (χ2n) is 6.05. The number of ether oxygens (including phenoxy) is 1. The number of thiazole rings is 1. The lowest BCUT2D eigenvalue weighted by Gasteiger charge is -2.29. The Kier molecular flexibility index (Phi) is 5.10. The van der Waals surface area contributed by atoms with Gasteiger partial charge in [0.25, 0.3) is 0 Å². The first kappa shape index (κ1) is 18.5. The van der Waals surface area contributed by atoms with Gasteiger partial charge in [0, 0.05) is 12.1 Å². The number of ketones is 1. The van der Waals surface area contributed by atoms with Crippen LogP contribution in [0.15, 0.2) is 23.7 Å². The number of anilines is 1. The maximum absolute atomic E-state index is 12.3. The van der Waals surface area contributed by atoms with Crippen LogP contribution in [0.4, 0.5) is 5.69 Å². The third-order valence-corrected chi connectivity index (χ3v) is 6.23. The second-order valence-corrected chi connectivity index (χ2v) is 8.81. The van der Waals surface area contributed by atoms with Crippen molar-refractivity contribution in [3.8, 4) is 0 Å². The molecule has 0 radical (unpaired) electrons. The maximum atomic E-state index is 12.3. The van der Waals surface area contributed by atoms with Crippen molar-refractivity contribution in [2.24, 2.45) is 0 Å². The van der Waals surface area contributed by atoms with Crippen molar-refractivity contribution < 1.29 is 22.7 Å². The Hall–Kier alpha value is -2.26. The Labute approximate surface area is 155 Å². The summed E-state index contributed by atoms with van der Waals surface area (Å²) in [6.07, 6.45) is 2.56. The number of fused-ring (bicyclic) bond motifs is 1. The Bertz CT molecular complexity index is 965. The number of hydrogen-bond donors (Lipinski definition) is 0. The molecule has 0 bridgehead atoms. The van der Waals surface area contributed by atoms with Crippen LogP contribution in [-0.2, 0) is 21.2 Å². The summed E-state index contributed by atoms with van der Waals surface area (Å²) in [7, 11) is -3.35. The molecule has 0 fully saturated rings. The molecule has 2 aromatic rings. The fraction of sp³-hybridized carbons (Fsp3) is 0.353. The molecule has 9 heteroatoms. The van der Waals surface area contributed by atoms with Crippen molar-refractivity contribution in [1.29, 1.82) is 0 Å². The van der Waals surface area contributed by atoms with Gasteiger partial charge in [0.2, 0.25) is 10.0 Å². The van der Waals surface area contributed by atoms with Gasteiger partial charge in [-0.25, -0.2) is 18.2 Å². The van der Waals surface area contributed by atoms with Crippen LogP contribution in [0.3, 0.4) is 0 Å². The number of esters is 1. The van der Waals surface area contributed by atoms with Crippen LogP contribution < -0.4 is 4.31 Å². The number of sulfonamides is 1. The van der Waals surface area contributed by atoms with E-state index in [2.05, 4.69) is 4.98 Å². The molecule has 1 aromatic carbocycles. The van der Waals surface area contributed by atoms with Gasteiger partial charge in [-0.15, -0.1) is 11.3 Å². The van der Waals surface area contributed by atoms with E-state index >= 15 is 0 Å². The van der Waals surface area contributed by atoms with Gasteiger partial charge in [-0.2, -0.15) is 0 Å². The number of aromatic nitrogens is 1. The molecule has 0 aliphatic carbocycles. The molecule has 0 spiro atoms. The van der Waals surface area contributed by atoms with E-state index in [1.807, 2.05) is 0 Å². The van der Waals surface area contributed by atoms with Crippen molar-refractivity contribution in [1.82, 2.24) is 4.98 Å². The second kappa shape index (κ2) is 7.16. The molecule has 0 unspecified atom stereocenters. The maximum Gasteiger partial charge on any atom is 0.350 e. The van der Waals surface area contributed by atoms with Gasteiger partial charge in [0.1, 0.15) is 4.88 Å². The number of Topliss-reactive ketones (excluding diaryl/α,β-unsaturated/α-hetero) is 1. The molecular weight excluding hydrogens is 376 g/mol.